The Morgan fingerprint density at radius 1 is 0.969 bits per heavy atom. The molecule has 0 radical (unpaired) electrons. The number of hydrogen-bond acceptors (Lipinski definition) is 5. The number of cyclic esters (lactones) is 1. The first-order valence-corrected chi connectivity index (χ1v) is 12.5. The maximum atomic E-state index is 12.1. The maximum Gasteiger partial charge on any atom is 0.334 e. The van der Waals surface area contributed by atoms with E-state index in [1.165, 1.54) is 89.9 Å². The summed E-state index contributed by atoms with van der Waals surface area (Å²) < 4.78 is 9.88. The van der Waals surface area contributed by atoms with Gasteiger partial charge in [-0.1, -0.05) is 76.5 Å². The number of unbranched alkanes of at least 4 members (excludes halogenated alkanes) is 12. The van der Waals surface area contributed by atoms with Gasteiger partial charge in [-0.2, -0.15) is 0 Å². The molecule has 1 fully saturated rings. The Balaban J connectivity index is 2.10. The summed E-state index contributed by atoms with van der Waals surface area (Å²) in [5, 5.41) is 9.64. The topological polar surface area (TPSA) is 72.8 Å². The average Bonchev–Trinajstić information content (AvgIpc) is 3.13. The molecule has 182 valence electrons. The Labute approximate surface area is 194 Å². The average molecular weight is 449 g/mol. The molecule has 1 rings (SSSR count). The molecule has 1 aliphatic heterocycles. The van der Waals surface area contributed by atoms with Gasteiger partial charge < -0.3 is 14.6 Å². The van der Waals surface area contributed by atoms with E-state index in [4.69, 9.17) is 4.74 Å². The summed E-state index contributed by atoms with van der Waals surface area (Å²) in [6.07, 6.45) is 26.7. The van der Waals surface area contributed by atoms with Crippen molar-refractivity contribution in [3.05, 3.63) is 36.0 Å². The standard InChI is InChI=1S/C27H44O5/c1-3-4-5-6-7-8-9-10-11-12-13-14-15-16-17-18-19-24-22-27(23-28,32-26(24)30)21-20-25(29)31-2/h10-11,19-21,28H,3-9,12-18,22-23H2,1-2H3/b11-10-,21-20?,24-19?/t27-/m1/s1. The van der Waals surface area contributed by atoms with E-state index in [1.54, 1.807) is 0 Å². The molecule has 0 unspecified atom stereocenters. The number of rotatable bonds is 18. The summed E-state index contributed by atoms with van der Waals surface area (Å²) in [4.78, 5) is 23.4. The van der Waals surface area contributed by atoms with E-state index in [0.717, 1.165) is 19.3 Å². The molecule has 1 atom stereocenters. The first-order valence-electron chi connectivity index (χ1n) is 12.5. The van der Waals surface area contributed by atoms with Crippen molar-refractivity contribution < 1.29 is 24.2 Å². The van der Waals surface area contributed by atoms with Crippen molar-refractivity contribution in [2.45, 2.75) is 109 Å². The fraction of sp³-hybridized carbons (Fsp3) is 0.704. The minimum atomic E-state index is -1.15. The van der Waals surface area contributed by atoms with E-state index in [1.807, 2.05) is 6.08 Å². The summed E-state index contributed by atoms with van der Waals surface area (Å²) in [7, 11) is 1.28. The molecule has 1 aliphatic rings. The summed E-state index contributed by atoms with van der Waals surface area (Å²) in [6.45, 7) is 1.89. The molecular formula is C27H44O5. The molecule has 32 heavy (non-hydrogen) atoms. The first kappa shape index (κ1) is 28.2. The van der Waals surface area contributed by atoms with Gasteiger partial charge in [0.1, 0.15) is 0 Å². The maximum absolute atomic E-state index is 12.1. The molecule has 0 aromatic rings. The normalized spacial score (nSPS) is 20.0. The SMILES string of the molecule is CCCCCCCC/C=C\CCCCCCCC=C1C[C@](C=CC(=O)OC)(CO)OC1=O. The van der Waals surface area contributed by atoms with Gasteiger partial charge in [0.15, 0.2) is 5.60 Å². The first-order chi connectivity index (χ1) is 15.6. The fourth-order valence-corrected chi connectivity index (χ4v) is 3.85. The van der Waals surface area contributed by atoms with Crippen LogP contribution in [0.2, 0.25) is 0 Å². The van der Waals surface area contributed by atoms with E-state index >= 15 is 0 Å². The Hall–Kier alpha value is -1.88. The Bertz CT molecular complexity index is 620. The van der Waals surface area contributed by atoms with Crippen LogP contribution in [-0.4, -0.2) is 36.4 Å². The van der Waals surface area contributed by atoms with Crippen LogP contribution >= 0.6 is 0 Å². The molecule has 0 saturated carbocycles. The number of hydrogen-bond donors (Lipinski definition) is 1. The third-order valence-corrected chi connectivity index (χ3v) is 5.90. The van der Waals surface area contributed by atoms with E-state index in [9.17, 15) is 14.7 Å². The fourth-order valence-electron chi connectivity index (χ4n) is 3.85. The monoisotopic (exact) mass is 448 g/mol. The lowest BCUT2D eigenvalue weighted by Gasteiger charge is -2.19. The van der Waals surface area contributed by atoms with Crippen LogP contribution < -0.4 is 0 Å². The smallest absolute Gasteiger partial charge is 0.334 e. The zero-order chi connectivity index (χ0) is 23.5. The van der Waals surface area contributed by atoms with E-state index in [-0.39, 0.29) is 13.0 Å². The zero-order valence-electron chi connectivity index (χ0n) is 20.3. The third-order valence-electron chi connectivity index (χ3n) is 5.90. The van der Waals surface area contributed by atoms with E-state index < -0.39 is 17.5 Å². The van der Waals surface area contributed by atoms with Crippen LogP contribution in [0.15, 0.2) is 36.0 Å². The van der Waals surface area contributed by atoms with Crippen LogP contribution in [0, 0.1) is 0 Å². The highest BCUT2D eigenvalue weighted by molar-refractivity contribution is 5.92. The number of carbonyl (C=O) groups is 2. The van der Waals surface area contributed by atoms with Crippen LogP contribution in [0.3, 0.4) is 0 Å². The molecule has 0 spiro atoms. The second-order valence-electron chi connectivity index (χ2n) is 8.75. The second kappa shape index (κ2) is 17.6. The summed E-state index contributed by atoms with van der Waals surface area (Å²) >= 11 is 0. The van der Waals surface area contributed by atoms with Gasteiger partial charge in [-0.3, -0.25) is 0 Å². The van der Waals surface area contributed by atoms with Gasteiger partial charge in [0.25, 0.3) is 0 Å². The lowest BCUT2D eigenvalue weighted by atomic mass is 9.97. The van der Waals surface area contributed by atoms with Crippen LogP contribution in [0.1, 0.15) is 103 Å². The van der Waals surface area contributed by atoms with Gasteiger partial charge in [0, 0.05) is 18.1 Å². The summed E-state index contributed by atoms with van der Waals surface area (Å²) in [5.74, 6) is -0.957. The number of aliphatic hydroxyl groups excluding tert-OH is 1. The van der Waals surface area contributed by atoms with Crippen LogP contribution in [0.5, 0.6) is 0 Å². The number of aliphatic hydroxyl groups is 1. The van der Waals surface area contributed by atoms with Crippen molar-refractivity contribution in [1.29, 1.82) is 0 Å². The van der Waals surface area contributed by atoms with Crippen molar-refractivity contribution in [2.24, 2.45) is 0 Å². The molecule has 1 saturated heterocycles. The highest BCUT2D eigenvalue weighted by atomic mass is 16.6. The number of esters is 2. The third kappa shape index (κ3) is 12.2. The van der Waals surface area contributed by atoms with Crippen molar-refractivity contribution in [2.75, 3.05) is 13.7 Å². The van der Waals surface area contributed by atoms with Crippen LogP contribution in [0.25, 0.3) is 0 Å². The van der Waals surface area contributed by atoms with Crippen molar-refractivity contribution in [3.8, 4) is 0 Å². The lowest BCUT2D eigenvalue weighted by Crippen LogP contribution is -2.30. The minimum Gasteiger partial charge on any atom is -0.466 e. The molecule has 1 heterocycles. The molecule has 1 N–H and O–H groups in total. The van der Waals surface area contributed by atoms with Gasteiger partial charge in [0.2, 0.25) is 0 Å². The Kier molecular flexibility index (Phi) is 15.5. The van der Waals surface area contributed by atoms with Crippen LogP contribution in [-0.2, 0) is 19.1 Å². The molecular weight excluding hydrogens is 404 g/mol. The second-order valence-corrected chi connectivity index (χ2v) is 8.75. The highest BCUT2D eigenvalue weighted by Crippen LogP contribution is 2.32. The summed E-state index contributed by atoms with van der Waals surface area (Å²) in [5.41, 5.74) is -0.580. The molecule has 5 heteroatoms. The molecule has 0 aromatic heterocycles. The predicted octanol–water partition coefficient (Wildman–Crippen LogP) is 6.36. The number of carbonyl (C=O) groups excluding carboxylic acids is 2. The van der Waals surface area contributed by atoms with E-state index in [2.05, 4.69) is 23.8 Å². The predicted molar refractivity (Wildman–Crippen MR) is 129 cm³/mol. The molecule has 0 bridgehead atoms. The van der Waals surface area contributed by atoms with Crippen molar-refractivity contribution in [1.82, 2.24) is 0 Å². The molecule has 0 aliphatic carbocycles. The molecule has 0 aromatic carbocycles. The van der Waals surface area contributed by atoms with Gasteiger partial charge >= 0.3 is 11.9 Å². The molecule has 0 amide bonds. The highest BCUT2D eigenvalue weighted by Gasteiger charge is 2.41. The Morgan fingerprint density at radius 2 is 1.53 bits per heavy atom. The molecule has 5 nitrogen and oxygen atoms in total. The van der Waals surface area contributed by atoms with E-state index in [0.29, 0.717) is 5.57 Å². The van der Waals surface area contributed by atoms with Crippen molar-refractivity contribution in [3.63, 3.8) is 0 Å². The number of allylic oxidation sites excluding steroid dienone is 3. The lowest BCUT2D eigenvalue weighted by molar-refractivity contribution is -0.146. The van der Waals surface area contributed by atoms with Crippen LogP contribution in [0.4, 0.5) is 0 Å². The number of ether oxygens (including phenoxy) is 2. The minimum absolute atomic E-state index is 0.279. The Morgan fingerprint density at radius 3 is 2.09 bits per heavy atom. The zero-order valence-corrected chi connectivity index (χ0v) is 20.3. The quantitative estimate of drug-likeness (QED) is 0.114. The van der Waals surface area contributed by atoms with Gasteiger partial charge in [0.05, 0.1) is 13.7 Å². The van der Waals surface area contributed by atoms with Gasteiger partial charge in [-0.05, 0) is 44.6 Å². The van der Waals surface area contributed by atoms with Crippen molar-refractivity contribution >= 4 is 11.9 Å². The largest absolute Gasteiger partial charge is 0.466 e. The van der Waals surface area contributed by atoms with Gasteiger partial charge in [-0.15, -0.1) is 0 Å². The summed E-state index contributed by atoms with van der Waals surface area (Å²) in [6, 6.07) is 0. The van der Waals surface area contributed by atoms with Gasteiger partial charge in [-0.25, -0.2) is 9.59 Å². The number of methoxy groups -OCH3 is 1.